The van der Waals surface area contributed by atoms with E-state index in [4.69, 9.17) is 0 Å². The third-order valence-electron chi connectivity index (χ3n) is 2.97. The van der Waals surface area contributed by atoms with Crippen molar-refractivity contribution in [3.8, 4) is 0 Å². The molecule has 1 fully saturated rings. The van der Waals surface area contributed by atoms with Crippen LogP contribution < -0.4 is 10.6 Å². The lowest BCUT2D eigenvalue weighted by Gasteiger charge is -2.26. The van der Waals surface area contributed by atoms with Gasteiger partial charge in [0.25, 0.3) is 0 Å². The van der Waals surface area contributed by atoms with E-state index >= 15 is 0 Å². The van der Waals surface area contributed by atoms with Gasteiger partial charge in [-0.3, -0.25) is 4.79 Å². The zero-order valence-electron chi connectivity index (χ0n) is 9.94. The van der Waals surface area contributed by atoms with Crippen LogP contribution >= 0.6 is 0 Å². The van der Waals surface area contributed by atoms with Crippen LogP contribution in [0.2, 0.25) is 0 Å². The van der Waals surface area contributed by atoms with E-state index in [1.165, 1.54) is 0 Å². The molecule has 1 heterocycles. The summed E-state index contributed by atoms with van der Waals surface area (Å²) in [6, 6.07) is 0.421. The minimum atomic E-state index is -4.13. The number of carbonyl (C=O) groups is 1. The normalized spacial score (nSPS) is 25.6. The van der Waals surface area contributed by atoms with E-state index in [2.05, 4.69) is 17.6 Å². The Bertz CT molecular complexity index is 248. The van der Waals surface area contributed by atoms with E-state index in [0.717, 1.165) is 12.8 Å². The van der Waals surface area contributed by atoms with Crippen LogP contribution in [-0.2, 0) is 4.79 Å². The number of nitrogens with one attached hydrogen (secondary N) is 2. The Morgan fingerprint density at radius 3 is 2.65 bits per heavy atom. The second-order valence-corrected chi connectivity index (χ2v) is 4.59. The number of carbonyl (C=O) groups excluding carboxylic acids is 1. The summed E-state index contributed by atoms with van der Waals surface area (Å²) in [4.78, 5) is 11.6. The first kappa shape index (κ1) is 14.3. The van der Waals surface area contributed by atoms with Crippen molar-refractivity contribution in [2.75, 3.05) is 13.1 Å². The SMILES string of the molecule is CC1CCC(C(=O)NCCCC(F)(F)F)CN1. The van der Waals surface area contributed by atoms with E-state index in [1.807, 2.05) is 0 Å². The lowest BCUT2D eigenvalue weighted by atomic mass is 9.95. The summed E-state index contributed by atoms with van der Waals surface area (Å²) in [5.74, 6) is -0.233. The van der Waals surface area contributed by atoms with Gasteiger partial charge in [-0.15, -0.1) is 0 Å². The van der Waals surface area contributed by atoms with Gasteiger partial charge in [0.2, 0.25) is 5.91 Å². The molecular weight excluding hydrogens is 233 g/mol. The summed E-state index contributed by atoms with van der Waals surface area (Å²) in [6.45, 7) is 2.77. The minimum Gasteiger partial charge on any atom is -0.356 e. The third-order valence-corrected chi connectivity index (χ3v) is 2.97. The first-order valence-corrected chi connectivity index (χ1v) is 5.96. The van der Waals surface area contributed by atoms with Crippen molar-refractivity contribution in [3.63, 3.8) is 0 Å². The molecule has 1 amide bonds. The molecule has 2 unspecified atom stereocenters. The average Bonchev–Trinajstić information content (AvgIpc) is 2.24. The lowest BCUT2D eigenvalue weighted by molar-refractivity contribution is -0.136. The predicted octanol–water partition coefficient (Wildman–Crippen LogP) is 1.83. The van der Waals surface area contributed by atoms with Gasteiger partial charge in [-0.2, -0.15) is 13.2 Å². The summed E-state index contributed by atoms with van der Waals surface area (Å²) in [6.07, 6.45) is -3.29. The fourth-order valence-corrected chi connectivity index (χ4v) is 1.87. The molecule has 0 aliphatic carbocycles. The number of amides is 1. The van der Waals surface area contributed by atoms with Crippen molar-refractivity contribution in [2.24, 2.45) is 5.92 Å². The van der Waals surface area contributed by atoms with Gasteiger partial charge in [0, 0.05) is 25.6 Å². The van der Waals surface area contributed by atoms with Crippen molar-refractivity contribution >= 4 is 5.91 Å². The maximum absolute atomic E-state index is 11.9. The molecule has 1 aliphatic heterocycles. The third kappa shape index (κ3) is 5.91. The van der Waals surface area contributed by atoms with Gasteiger partial charge in [0.1, 0.15) is 0 Å². The monoisotopic (exact) mass is 252 g/mol. The van der Waals surface area contributed by atoms with Crippen molar-refractivity contribution in [1.29, 1.82) is 0 Å². The maximum atomic E-state index is 11.9. The Labute approximate surface area is 99.1 Å². The summed E-state index contributed by atoms with van der Waals surface area (Å²) < 4.78 is 35.6. The second-order valence-electron chi connectivity index (χ2n) is 4.59. The number of alkyl halides is 3. The van der Waals surface area contributed by atoms with Crippen molar-refractivity contribution in [1.82, 2.24) is 10.6 Å². The molecule has 0 spiro atoms. The van der Waals surface area contributed by atoms with Crippen LogP contribution in [0.3, 0.4) is 0 Å². The van der Waals surface area contributed by atoms with Gasteiger partial charge in [-0.1, -0.05) is 0 Å². The second kappa shape index (κ2) is 6.23. The first-order valence-electron chi connectivity index (χ1n) is 5.96. The van der Waals surface area contributed by atoms with E-state index in [0.29, 0.717) is 12.6 Å². The maximum Gasteiger partial charge on any atom is 0.389 e. The molecule has 1 rings (SSSR count). The van der Waals surface area contributed by atoms with Crippen molar-refractivity contribution in [2.45, 2.75) is 44.8 Å². The predicted molar refractivity (Wildman–Crippen MR) is 58.5 cm³/mol. The number of hydrogen-bond donors (Lipinski definition) is 2. The Kier molecular flexibility index (Phi) is 5.24. The quantitative estimate of drug-likeness (QED) is 0.749. The number of piperidine rings is 1. The van der Waals surface area contributed by atoms with Gasteiger partial charge in [-0.05, 0) is 26.2 Å². The summed E-state index contributed by atoms with van der Waals surface area (Å²) in [7, 11) is 0. The molecule has 17 heavy (non-hydrogen) atoms. The van der Waals surface area contributed by atoms with Crippen LogP contribution in [0, 0.1) is 5.92 Å². The largest absolute Gasteiger partial charge is 0.389 e. The molecule has 0 bridgehead atoms. The lowest BCUT2D eigenvalue weighted by Crippen LogP contribution is -2.44. The molecule has 0 aromatic rings. The molecular formula is C11H19F3N2O. The van der Waals surface area contributed by atoms with E-state index < -0.39 is 12.6 Å². The highest BCUT2D eigenvalue weighted by Gasteiger charge is 2.27. The number of halogens is 3. The zero-order valence-corrected chi connectivity index (χ0v) is 9.94. The molecule has 6 heteroatoms. The molecule has 0 aromatic heterocycles. The van der Waals surface area contributed by atoms with Crippen LogP contribution in [0.1, 0.15) is 32.6 Å². The standard InChI is InChI=1S/C11H19F3N2O/c1-8-3-4-9(7-16-8)10(17)15-6-2-5-11(12,13)14/h8-9,16H,2-7H2,1H3,(H,15,17). The highest BCUT2D eigenvalue weighted by molar-refractivity contribution is 5.78. The molecule has 1 aliphatic rings. The van der Waals surface area contributed by atoms with E-state index in [1.54, 1.807) is 0 Å². The summed E-state index contributed by atoms with van der Waals surface area (Å²) in [5.41, 5.74) is 0. The average molecular weight is 252 g/mol. The molecule has 0 saturated carbocycles. The Morgan fingerprint density at radius 1 is 1.41 bits per heavy atom. The topological polar surface area (TPSA) is 41.1 Å². The zero-order chi connectivity index (χ0) is 12.9. The van der Waals surface area contributed by atoms with Crippen LogP contribution in [0.5, 0.6) is 0 Å². The van der Waals surface area contributed by atoms with Crippen molar-refractivity contribution in [3.05, 3.63) is 0 Å². The molecule has 1 saturated heterocycles. The highest BCUT2D eigenvalue weighted by Crippen LogP contribution is 2.20. The van der Waals surface area contributed by atoms with Gasteiger partial charge in [0.05, 0.1) is 5.92 Å². The number of rotatable bonds is 4. The van der Waals surface area contributed by atoms with Crippen LogP contribution in [-0.4, -0.2) is 31.2 Å². The Balaban J connectivity index is 2.13. The fraction of sp³-hybridized carbons (Fsp3) is 0.909. The number of hydrogen-bond acceptors (Lipinski definition) is 2. The van der Waals surface area contributed by atoms with Gasteiger partial charge in [0.15, 0.2) is 0 Å². The van der Waals surface area contributed by atoms with Crippen LogP contribution in [0.25, 0.3) is 0 Å². The van der Waals surface area contributed by atoms with Crippen LogP contribution in [0.15, 0.2) is 0 Å². The van der Waals surface area contributed by atoms with Gasteiger partial charge >= 0.3 is 6.18 Å². The van der Waals surface area contributed by atoms with E-state index in [9.17, 15) is 18.0 Å². The Morgan fingerprint density at radius 2 is 2.12 bits per heavy atom. The van der Waals surface area contributed by atoms with Gasteiger partial charge in [-0.25, -0.2) is 0 Å². The molecule has 0 radical (unpaired) electrons. The van der Waals surface area contributed by atoms with Crippen molar-refractivity contribution < 1.29 is 18.0 Å². The molecule has 2 N–H and O–H groups in total. The fourth-order valence-electron chi connectivity index (χ4n) is 1.87. The summed E-state index contributed by atoms with van der Waals surface area (Å²) in [5, 5.41) is 5.75. The Hall–Kier alpha value is -0.780. The highest BCUT2D eigenvalue weighted by atomic mass is 19.4. The summed E-state index contributed by atoms with van der Waals surface area (Å²) >= 11 is 0. The van der Waals surface area contributed by atoms with E-state index in [-0.39, 0.29) is 24.8 Å². The first-order chi connectivity index (χ1) is 7.88. The van der Waals surface area contributed by atoms with Crippen LogP contribution in [0.4, 0.5) is 13.2 Å². The smallest absolute Gasteiger partial charge is 0.356 e. The minimum absolute atomic E-state index is 0.0498. The molecule has 0 aromatic carbocycles. The molecule has 100 valence electrons. The van der Waals surface area contributed by atoms with Gasteiger partial charge < -0.3 is 10.6 Å². The molecule has 2 atom stereocenters. The molecule has 3 nitrogen and oxygen atoms in total.